The molecule has 0 amide bonds. The Kier molecular flexibility index (Phi) is 5.72. The molecule has 0 atom stereocenters. The number of likely N-dealkylation sites (N-methyl/N-ethyl adjacent to an activating group) is 1. The van der Waals surface area contributed by atoms with Gasteiger partial charge < -0.3 is 9.31 Å². The van der Waals surface area contributed by atoms with Crippen molar-refractivity contribution >= 4 is 25.3 Å². The molecule has 1 heterocycles. The Hall–Kier alpha value is -2.39. The molecule has 0 radical (unpaired) electrons. The van der Waals surface area contributed by atoms with Crippen LogP contribution in [0.1, 0.15) is 5.56 Å². The monoisotopic (exact) mass is 322 g/mol. The molecule has 0 unspecified atom stereocenters. The lowest BCUT2D eigenvalue weighted by Crippen LogP contribution is -2.45. The Morgan fingerprint density at radius 2 is 1.78 bits per heavy atom. The standard InChI is InChI=1S/C14H16BFN2O5/c1-17-9-13(19)21-15(22-14(20)10-17)23-18(2)8-7-11-3-5-12(16)6-4-11/h3-8H,9-10H2,1-2H3/b8-7+. The first-order chi connectivity index (χ1) is 10.9. The molecule has 2 rings (SSSR count). The summed E-state index contributed by atoms with van der Waals surface area (Å²) >= 11 is 0. The van der Waals surface area contributed by atoms with Crippen LogP contribution >= 0.6 is 0 Å². The molecule has 1 aliphatic heterocycles. The molecule has 1 saturated heterocycles. The van der Waals surface area contributed by atoms with E-state index in [1.54, 1.807) is 25.3 Å². The molecule has 7 nitrogen and oxygen atoms in total. The summed E-state index contributed by atoms with van der Waals surface area (Å²) in [7, 11) is 1.68. The van der Waals surface area contributed by atoms with Crippen molar-refractivity contribution in [2.75, 3.05) is 27.2 Å². The van der Waals surface area contributed by atoms with Gasteiger partial charge in [0, 0.05) is 13.2 Å². The smallest absolute Gasteiger partial charge is 0.471 e. The highest BCUT2D eigenvalue weighted by Gasteiger charge is 2.36. The van der Waals surface area contributed by atoms with Crippen molar-refractivity contribution in [3.8, 4) is 0 Å². The van der Waals surface area contributed by atoms with E-state index in [0.717, 1.165) is 5.56 Å². The SMILES string of the molecule is CN1CC(=O)OB(ON(C)/C=C/c2ccc(F)cc2)OC(=O)C1. The first kappa shape index (κ1) is 17.0. The first-order valence-corrected chi connectivity index (χ1v) is 6.83. The quantitative estimate of drug-likeness (QED) is 0.596. The van der Waals surface area contributed by atoms with E-state index >= 15 is 0 Å². The van der Waals surface area contributed by atoms with Gasteiger partial charge in [-0.15, -0.1) is 0 Å². The Labute approximate surface area is 133 Å². The minimum atomic E-state index is -1.45. The van der Waals surface area contributed by atoms with Crippen LogP contribution in [0.25, 0.3) is 6.08 Å². The average Bonchev–Trinajstić information content (AvgIpc) is 2.44. The maximum atomic E-state index is 12.8. The van der Waals surface area contributed by atoms with Crippen molar-refractivity contribution in [1.82, 2.24) is 9.96 Å². The second-order valence-corrected chi connectivity index (χ2v) is 4.96. The van der Waals surface area contributed by atoms with Crippen LogP contribution in [-0.4, -0.2) is 56.4 Å². The molecule has 0 N–H and O–H groups in total. The molecule has 23 heavy (non-hydrogen) atoms. The first-order valence-electron chi connectivity index (χ1n) is 6.83. The van der Waals surface area contributed by atoms with Gasteiger partial charge in [-0.05, 0) is 30.8 Å². The maximum Gasteiger partial charge on any atom is 0.814 e. The van der Waals surface area contributed by atoms with Crippen LogP contribution < -0.4 is 0 Å². The minimum Gasteiger partial charge on any atom is -0.471 e. The zero-order valence-electron chi connectivity index (χ0n) is 12.8. The molecule has 122 valence electrons. The third-order valence-corrected chi connectivity index (χ3v) is 2.85. The maximum absolute atomic E-state index is 12.8. The van der Waals surface area contributed by atoms with Crippen LogP contribution in [0.2, 0.25) is 0 Å². The minimum absolute atomic E-state index is 0.0376. The Bertz CT molecular complexity index is 575. The summed E-state index contributed by atoms with van der Waals surface area (Å²) in [5.74, 6) is -1.47. The highest BCUT2D eigenvalue weighted by atomic mass is 19.1. The van der Waals surface area contributed by atoms with Gasteiger partial charge in [0.1, 0.15) is 5.82 Å². The number of halogens is 1. The average molecular weight is 322 g/mol. The second-order valence-electron chi connectivity index (χ2n) is 4.96. The van der Waals surface area contributed by atoms with Gasteiger partial charge >= 0.3 is 19.3 Å². The van der Waals surface area contributed by atoms with E-state index < -0.39 is 19.3 Å². The van der Waals surface area contributed by atoms with Crippen LogP contribution in [0.4, 0.5) is 4.39 Å². The molecule has 9 heteroatoms. The zero-order valence-corrected chi connectivity index (χ0v) is 12.8. The molecule has 0 bridgehead atoms. The van der Waals surface area contributed by atoms with Crippen LogP contribution in [-0.2, 0) is 23.7 Å². The summed E-state index contributed by atoms with van der Waals surface area (Å²) in [4.78, 5) is 24.6. The summed E-state index contributed by atoms with van der Waals surface area (Å²) in [6.45, 7) is -0.0752. The summed E-state index contributed by atoms with van der Waals surface area (Å²) in [5, 5.41) is 1.22. The van der Waals surface area contributed by atoms with Gasteiger partial charge in [0.15, 0.2) is 0 Å². The number of nitrogens with zero attached hydrogens (tertiary/aromatic N) is 2. The third-order valence-electron chi connectivity index (χ3n) is 2.85. The highest BCUT2D eigenvalue weighted by Crippen LogP contribution is 2.07. The van der Waals surface area contributed by atoms with Gasteiger partial charge in [0.2, 0.25) is 0 Å². The van der Waals surface area contributed by atoms with Gasteiger partial charge in [-0.25, -0.2) is 9.15 Å². The predicted octanol–water partition coefficient (Wildman–Crippen LogP) is 0.676. The van der Waals surface area contributed by atoms with Crippen molar-refractivity contribution in [1.29, 1.82) is 0 Å². The molecule has 0 spiro atoms. The number of hydrogen-bond donors (Lipinski definition) is 0. The summed E-state index contributed by atoms with van der Waals surface area (Å²) in [6, 6.07) is 5.83. The molecule has 0 aliphatic carbocycles. The van der Waals surface area contributed by atoms with Gasteiger partial charge in [-0.2, -0.15) is 0 Å². The second kappa shape index (κ2) is 7.75. The van der Waals surface area contributed by atoms with E-state index in [9.17, 15) is 14.0 Å². The Morgan fingerprint density at radius 3 is 2.35 bits per heavy atom. The molecular formula is C14H16BFN2O5. The highest BCUT2D eigenvalue weighted by molar-refractivity contribution is 6.41. The summed E-state index contributed by atoms with van der Waals surface area (Å²) < 4.78 is 27.8. The topological polar surface area (TPSA) is 68.3 Å². The number of hydroxylamine groups is 2. The number of benzene rings is 1. The van der Waals surface area contributed by atoms with Gasteiger partial charge in [-0.1, -0.05) is 12.1 Å². The van der Waals surface area contributed by atoms with E-state index in [1.165, 1.54) is 35.3 Å². The van der Waals surface area contributed by atoms with Crippen molar-refractivity contribution in [2.45, 2.75) is 0 Å². The van der Waals surface area contributed by atoms with Crippen LogP contribution in [0, 0.1) is 5.82 Å². The van der Waals surface area contributed by atoms with E-state index in [4.69, 9.17) is 14.1 Å². The van der Waals surface area contributed by atoms with Crippen molar-refractivity contribution in [3.63, 3.8) is 0 Å². The van der Waals surface area contributed by atoms with E-state index in [-0.39, 0.29) is 18.9 Å². The van der Waals surface area contributed by atoms with Crippen LogP contribution in [0.5, 0.6) is 0 Å². The van der Waals surface area contributed by atoms with Gasteiger partial charge in [-0.3, -0.25) is 19.6 Å². The third kappa shape index (κ3) is 5.72. The van der Waals surface area contributed by atoms with Crippen molar-refractivity contribution < 1.29 is 28.0 Å². The van der Waals surface area contributed by atoms with E-state index in [0.29, 0.717) is 0 Å². The number of hydrogen-bond acceptors (Lipinski definition) is 7. The largest absolute Gasteiger partial charge is 0.814 e. The predicted molar refractivity (Wildman–Crippen MR) is 79.7 cm³/mol. The molecule has 0 aromatic heterocycles. The number of carbonyl (C=O) groups is 2. The molecule has 1 fully saturated rings. The molecular weight excluding hydrogens is 306 g/mol. The molecule has 1 aliphatic rings. The van der Waals surface area contributed by atoms with Crippen LogP contribution in [0.3, 0.4) is 0 Å². The van der Waals surface area contributed by atoms with E-state index in [2.05, 4.69) is 0 Å². The molecule has 0 saturated carbocycles. The normalized spacial score (nSPS) is 16.7. The molecule has 1 aromatic rings. The van der Waals surface area contributed by atoms with E-state index in [1.807, 2.05) is 0 Å². The molecule has 1 aromatic carbocycles. The van der Waals surface area contributed by atoms with Crippen molar-refractivity contribution in [3.05, 3.63) is 41.8 Å². The van der Waals surface area contributed by atoms with Gasteiger partial charge in [0.25, 0.3) is 0 Å². The van der Waals surface area contributed by atoms with Crippen LogP contribution in [0.15, 0.2) is 30.5 Å². The summed E-state index contributed by atoms with van der Waals surface area (Å²) in [5.41, 5.74) is 0.745. The number of rotatable bonds is 4. The lowest BCUT2D eigenvalue weighted by Gasteiger charge is -2.23. The fourth-order valence-corrected chi connectivity index (χ4v) is 1.79. The fraction of sp³-hybridized carbons (Fsp3) is 0.286. The Balaban J connectivity index is 1.92. The van der Waals surface area contributed by atoms with Crippen molar-refractivity contribution in [2.24, 2.45) is 0 Å². The Morgan fingerprint density at radius 1 is 1.22 bits per heavy atom. The lowest BCUT2D eigenvalue weighted by atomic mass is 10.2. The fourth-order valence-electron chi connectivity index (χ4n) is 1.79. The lowest BCUT2D eigenvalue weighted by molar-refractivity contribution is -0.154. The zero-order chi connectivity index (χ0) is 16.8. The summed E-state index contributed by atoms with van der Waals surface area (Å²) in [6.07, 6.45) is 3.17. The number of carbonyl (C=O) groups excluding carboxylic acids is 2. The van der Waals surface area contributed by atoms with Gasteiger partial charge in [0.05, 0.1) is 13.1 Å².